The van der Waals surface area contributed by atoms with Gasteiger partial charge in [0.1, 0.15) is 19.2 Å². The van der Waals surface area contributed by atoms with Crippen LogP contribution in [-0.4, -0.2) is 30.5 Å². The summed E-state index contributed by atoms with van der Waals surface area (Å²) in [4.78, 5) is 35.2. The first kappa shape index (κ1) is 20.0. The van der Waals surface area contributed by atoms with Crippen LogP contribution < -0.4 is 16.0 Å². The Balaban J connectivity index is 2.39. The van der Waals surface area contributed by atoms with Crippen molar-refractivity contribution < 1.29 is 19.1 Å². The second kappa shape index (κ2) is 10.6. The zero-order chi connectivity index (χ0) is 18.7. The van der Waals surface area contributed by atoms with Crippen molar-refractivity contribution in [2.24, 2.45) is 5.92 Å². The lowest BCUT2D eigenvalue weighted by molar-refractivity contribution is -0.128. The van der Waals surface area contributed by atoms with Gasteiger partial charge in [-0.25, -0.2) is 4.79 Å². The van der Waals surface area contributed by atoms with E-state index in [0.29, 0.717) is 6.42 Å². The lowest BCUT2D eigenvalue weighted by atomic mass is 10.0. The molecule has 0 spiro atoms. The molecule has 0 aliphatic rings. The summed E-state index contributed by atoms with van der Waals surface area (Å²) in [5, 5.41) is 15.3. The normalized spacial score (nSPS) is 11.1. The minimum absolute atomic E-state index is 0.0921. The van der Waals surface area contributed by atoms with Gasteiger partial charge in [-0.05, 0) is 17.9 Å². The summed E-state index contributed by atoms with van der Waals surface area (Å²) in [5.74, 6) is -0.995. The van der Waals surface area contributed by atoms with Gasteiger partial charge in [0.25, 0.3) is 5.91 Å². The van der Waals surface area contributed by atoms with E-state index in [1.165, 1.54) is 6.19 Å². The van der Waals surface area contributed by atoms with Crippen molar-refractivity contribution in [3.8, 4) is 6.19 Å². The third-order valence-electron chi connectivity index (χ3n) is 3.14. The highest BCUT2D eigenvalue weighted by Gasteiger charge is 2.21. The van der Waals surface area contributed by atoms with Gasteiger partial charge in [0.15, 0.2) is 6.19 Å². The number of hydrogen-bond acceptors (Lipinski definition) is 5. The van der Waals surface area contributed by atoms with Crippen LogP contribution in [0.25, 0.3) is 0 Å². The second-order valence-electron chi connectivity index (χ2n) is 5.77. The van der Waals surface area contributed by atoms with Crippen molar-refractivity contribution in [3.05, 3.63) is 35.9 Å². The molecule has 0 radical (unpaired) electrons. The van der Waals surface area contributed by atoms with Gasteiger partial charge in [-0.2, -0.15) is 5.26 Å². The maximum absolute atomic E-state index is 11.9. The Bertz CT molecular complexity index is 625. The van der Waals surface area contributed by atoms with Gasteiger partial charge in [-0.15, -0.1) is 0 Å². The summed E-state index contributed by atoms with van der Waals surface area (Å²) >= 11 is 0. The summed E-state index contributed by atoms with van der Waals surface area (Å²) in [7, 11) is 0. The second-order valence-corrected chi connectivity index (χ2v) is 5.77. The lowest BCUT2D eigenvalue weighted by Gasteiger charge is -2.18. The molecule has 134 valence electrons. The SMILES string of the molecule is CC(C)C[C@H](NC(=O)CNC(=O)OCc1ccccc1)C(=O)NC#N. The molecule has 0 aliphatic heterocycles. The Kier molecular flexibility index (Phi) is 8.50. The molecular weight excluding hydrogens is 324 g/mol. The molecule has 8 nitrogen and oxygen atoms in total. The minimum atomic E-state index is -0.839. The molecule has 25 heavy (non-hydrogen) atoms. The van der Waals surface area contributed by atoms with Gasteiger partial charge in [0, 0.05) is 0 Å². The van der Waals surface area contributed by atoms with Crippen LogP contribution >= 0.6 is 0 Å². The fourth-order valence-corrected chi connectivity index (χ4v) is 2.02. The fraction of sp³-hybridized carbons (Fsp3) is 0.412. The van der Waals surface area contributed by atoms with E-state index < -0.39 is 23.9 Å². The molecule has 0 heterocycles. The van der Waals surface area contributed by atoms with E-state index in [0.717, 1.165) is 5.56 Å². The Morgan fingerprint density at radius 3 is 2.48 bits per heavy atom. The number of hydrogen-bond donors (Lipinski definition) is 3. The van der Waals surface area contributed by atoms with Crippen molar-refractivity contribution in [2.45, 2.75) is 32.9 Å². The third-order valence-corrected chi connectivity index (χ3v) is 3.14. The fourth-order valence-electron chi connectivity index (χ4n) is 2.02. The number of rotatable bonds is 8. The Morgan fingerprint density at radius 1 is 1.20 bits per heavy atom. The Labute approximate surface area is 146 Å². The van der Waals surface area contributed by atoms with Gasteiger partial charge < -0.3 is 15.4 Å². The number of nitrogens with zero attached hydrogens (tertiary/aromatic N) is 1. The summed E-state index contributed by atoms with van der Waals surface area (Å²) in [6.07, 6.45) is 1.17. The summed E-state index contributed by atoms with van der Waals surface area (Å²) < 4.78 is 4.98. The maximum Gasteiger partial charge on any atom is 0.407 e. The number of carbonyl (C=O) groups is 3. The first-order valence-corrected chi connectivity index (χ1v) is 7.85. The van der Waals surface area contributed by atoms with Gasteiger partial charge in [-0.3, -0.25) is 14.9 Å². The van der Waals surface area contributed by atoms with E-state index in [2.05, 4.69) is 10.6 Å². The van der Waals surface area contributed by atoms with E-state index in [-0.39, 0.29) is 19.1 Å². The first-order chi connectivity index (χ1) is 11.9. The average Bonchev–Trinajstić information content (AvgIpc) is 2.58. The average molecular weight is 346 g/mol. The summed E-state index contributed by atoms with van der Waals surface area (Å²) in [6.45, 7) is 3.53. The number of nitriles is 1. The number of nitrogens with one attached hydrogen (secondary N) is 3. The molecule has 1 atom stereocenters. The Morgan fingerprint density at radius 2 is 1.88 bits per heavy atom. The number of ether oxygens (including phenoxy) is 1. The van der Waals surface area contributed by atoms with Crippen LogP contribution in [0.3, 0.4) is 0 Å². The molecule has 0 bridgehead atoms. The van der Waals surface area contributed by atoms with Crippen molar-refractivity contribution in [1.82, 2.24) is 16.0 Å². The third kappa shape index (κ3) is 8.37. The predicted molar refractivity (Wildman–Crippen MR) is 89.8 cm³/mol. The molecule has 0 aromatic heterocycles. The van der Waals surface area contributed by atoms with Crippen LogP contribution in [-0.2, 0) is 20.9 Å². The molecule has 1 rings (SSSR count). The quantitative estimate of drug-likeness (QED) is 0.480. The van der Waals surface area contributed by atoms with E-state index in [4.69, 9.17) is 10.00 Å². The van der Waals surface area contributed by atoms with Crippen molar-refractivity contribution in [1.29, 1.82) is 5.26 Å². The predicted octanol–water partition coefficient (Wildman–Crippen LogP) is 1.04. The van der Waals surface area contributed by atoms with E-state index in [1.807, 2.05) is 49.5 Å². The highest BCUT2D eigenvalue weighted by molar-refractivity contribution is 5.89. The molecule has 0 aliphatic carbocycles. The van der Waals surface area contributed by atoms with Crippen LogP contribution in [0.5, 0.6) is 0 Å². The van der Waals surface area contributed by atoms with Gasteiger partial charge >= 0.3 is 6.09 Å². The zero-order valence-corrected chi connectivity index (χ0v) is 14.2. The Hall–Kier alpha value is -3.08. The highest BCUT2D eigenvalue weighted by atomic mass is 16.5. The molecule has 3 amide bonds. The van der Waals surface area contributed by atoms with Gasteiger partial charge in [0.05, 0.1) is 0 Å². The minimum Gasteiger partial charge on any atom is -0.445 e. The van der Waals surface area contributed by atoms with Crippen LogP contribution in [0.1, 0.15) is 25.8 Å². The van der Waals surface area contributed by atoms with Crippen LogP contribution in [0.4, 0.5) is 4.79 Å². The molecule has 1 aromatic rings. The van der Waals surface area contributed by atoms with Gasteiger partial charge in [0.2, 0.25) is 5.91 Å². The molecule has 0 fully saturated rings. The molecule has 8 heteroatoms. The van der Waals surface area contributed by atoms with Crippen LogP contribution in [0, 0.1) is 17.4 Å². The number of benzene rings is 1. The standard InChI is InChI=1S/C17H22N4O4/c1-12(2)8-14(16(23)20-11-18)21-15(22)9-19-17(24)25-10-13-6-4-3-5-7-13/h3-7,12,14H,8-10H2,1-2H3,(H,19,24)(H,20,23)(H,21,22)/t14-/m0/s1. The van der Waals surface area contributed by atoms with Crippen molar-refractivity contribution in [2.75, 3.05) is 6.54 Å². The van der Waals surface area contributed by atoms with Crippen LogP contribution in [0.15, 0.2) is 30.3 Å². The zero-order valence-electron chi connectivity index (χ0n) is 14.2. The summed E-state index contributed by atoms with van der Waals surface area (Å²) in [6, 6.07) is 8.28. The number of alkyl carbamates (subject to hydrolysis) is 1. The molecule has 0 saturated carbocycles. The molecule has 0 unspecified atom stereocenters. The number of carbonyl (C=O) groups excluding carboxylic acids is 3. The van der Waals surface area contributed by atoms with E-state index >= 15 is 0 Å². The largest absolute Gasteiger partial charge is 0.445 e. The monoisotopic (exact) mass is 346 g/mol. The van der Waals surface area contributed by atoms with Crippen molar-refractivity contribution in [3.63, 3.8) is 0 Å². The molecule has 1 aromatic carbocycles. The van der Waals surface area contributed by atoms with Gasteiger partial charge in [-0.1, -0.05) is 44.2 Å². The highest BCUT2D eigenvalue weighted by Crippen LogP contribution is 2.05. The lowest BCUT2D eigenvalue weighted by Crippen LogP contribution is -2.49. The first-order valence-electron chi connectivity index (χ1n) is 7.85. The smallest absolute Gasteiger partial charge is 0.407 e. The number of amides is 3. The summed E-state index contributed by atoms with van der Waals surface area (Å²) in [5.41, 5.74) is 0.826. The van der Waals surface area contributed by atoms with Crippen molar-refractivity contribution >= 4 is 17.9 Å². The maximum atomic E-state index is 11.9. The van der Waals surface area contributed by atoms with E-state index in [1.54, 1.807) is 0 Å². The van der Waals surface area contributed by atoms with Crippen LogP contribution in [0.2, 0.25) is 0 Å². The molecule has 3 N–H and O–H groups in total. The topological polar surface area (TPSA) is 120 Å². The molecule has 0 saturated heterocycles. The molecular formula is C17H22N4O4. The van der Waals surface area contributed by atoms with E-state index in [9.17, 15) is 14.4 Å².